The summed E-state index contributed by atoms with van der Waals surface area (Å²) in [5.41, 5.74) is 1.48. The molecule has 6 nitrogen and oxygen atoms in total. The highest BCUT2D eigenvalue weighted by molar-refractivity contribution is 5.77. The summed E-state index contributed by atoms with van der Waals surface area (Å²) in [6.07, 6.45) is 6.87. The number of nitrogens with zero attached hydrogens (tertiary/aromatic N) is 1. The maximum atomic E-state index is 12.7. The predicted octanol–water partition coefficient (Wildman–Crippen LogP) is 4.20. The normalized spacial score (nSPS) is 19.2. The average Bonchev–Trinajstić information content (AvgIpc) is 3.21. The molecule has 1 unspecified atom stereocenters. The van der Waals surface area contributed by atoms with Gasteiger partial charge in [-0.25, -0.2) is 4.98 Å². The molecule has 5 rings (SSSR count). The number of fused-ring (bicyclic) bond motifs is 2. The Bertz CT molecular complexity index is 1160. The Hall–Kier alpha value is -3.15. The summed E-state index contributed by atoms with van der Waals surface area (Å²) in [5, 5.41) is 3.83. The van der Waals surface area contributed by atoms with Crippen LogP contribution in [0.15, 0.2) is 53.3 Å². The molecule has 0 saturated heterocycles. The Morgan fingerprint density at radius 1 is 1.13 bits per heavy atom. The third kappa shape index (κ3) is 4.07. The lowest BCUT2D eigenvalue weighted by atomic mass is 9.86. The van der Waals surface area contributed by atoms with Gasteiger partial charge in [0, 0.05) is 24.8 Å². The number of H-pyrrole nitrogens is 1. The summed E-state index contributed by atoms with van der Waals surface area (Å²) in [7, 11) is 0. The van der Waals surface area contributed by atoms with Gasteiger partial charge in [0.05, 0.1) is 16.9 Å². The largest absolute Gasteiger partial charge is 0.487 e. The minimum atomic E-state index is -0.138. The summed E-state index contributed by atoms with van der Waals surface area (Å²) in [6.45, 7) is 0. The van der Waals surface area contributed by atoms with Crippen molar-refractivity contribution in [1.29, 1.82) is 0 Å². The SMILES string of the molecule is O=C(CCCc1nc2ccccc2c(=O)[nH]1)NC1CC2(CCCC2)Oc2ccccc21. The van der Waals surface area contributed by atoms with E-state index in [-0.39, 0.29) is 23.1 Å². The summed E-state index contributed by atoms with van der Waals surface area (Å²) >= 11 is 0. The van der Waals surface area contributed by atoms with Gasteiger partial charge in [0.2, 0.25) is 5.91 Å². The van der Waals surface area contributed by atoms with Crippen LogP contribution in [-0.4, -0.2) is 21.5 Å². The summed E-state index contributed by atoms with van der Waals surface area (Å²) in [4.78, 5) is 32.3. The molecule has 3 aromatic rings. The molecular formula is C25H27N3O3. The highest BCUT2D eigenvalue weighted by atomic mass is 16.5. The molecule has 1 spiro atoms. The molecule has 1 aliphatic carbocycles. The Morgan fingerprint density at radius 2 is 1.90 bits per heavy atom. The molecule has 0 radical (unpaired) electrons. The minimum absolute atomic E-state index is 0.0193. The number of carbonyl (C=O) groups excluding carboxylic acids is 1. The molecule has 1 amide bonds. The molecule has 2 N–H and O–H groups in total. The molecule has 31 heavy (non-hydrogen) atoms. The van der Waals surface area contributed by atoms with Gasteiger partial charge >= 0.3 is 0 Å². The van der Waals surface area contributed by atoms with E-state index >= 15 is 0 Å². The van der Waals surface area contributed by atoms with E-state index in [9.17, 15) is 9.59 Å². The number of benzene rings is 2. The van der Waals surface area contributed by atoms with Gasteiger partial charge < -0.3 is 15.0 Å². The van der Waals surface area contributed by atoms with Gasteiger partial charge in [-0.15, -0.1) is 0 Å². The van der Waals surface area contributed by atoms with Gasteiger partial charge in [-0.05, 0) is 50.3 Å². The van der Waals surface area contributed by atoms with Crippen LogP contribution in [0.25, 0.3) is 10.9 Å². The molecule has 6 heteroatoms. The second-order valence-electron chi connectivity index (χ2n) is 8.74. The number of ether oxygens (including phenoxy) is 1. The van der Waals surface area contributed by atoms with Gasteiger partial charge in [0.15, 0.2) is 0 Å². The van der Waals surface area contributed by atoms with Gasteiger partial charge in [-0.3, -0.25) is 9.59 Å². The molecule has 1 fully saturated rings. The Balaban J connectivity index is 1.23. The number of carbonyl (C=O) groups is 1. The number of hydrogen-bond donors (Lipinski definition) is 2. The molecule has 160 valence electrons. The topological polar surface area (TPSA) is 84.1 Å². The molecule has 0 bridgehead atoms. The van der Waals surface area contributed by atoms with Crippen LogP contribution in [-0.2, 0) is 11.2 Å². The molecular weight excluding hydrogens is 390 g/mol. The fraction of sp³-hybridized carbons (Fsp3) is 0.400. The second-order valence-corrected chi connectivity index (χ2v) is 8.74. The maximum Gasteiger partial charge on any atom is 0.258 e. The Labute approximate surface area is 181 Å². The van der Waals surface area contributed by atoms with Crippen LogP contribution in [0.4, 0.5) is 0 Å². The van der Waals surface area contributed by atoms with Gasteiger partial charge in [0.25, 0.3) is 5.56 Å². The quantitative estimate of drug-likeness (QED) is 0.652. The van der Waals surface area contributed by atoms with Crippen LogP contribution in [0.2, 0.25) is 0 Å². The summed E-state index contributed by atoms with van der Waals surface area (Å²) in [5.74, 6) is 1.55. The van der Waals surface area contributed by atoms with E-state index in [2.05, 4.69) is 15.3 Å². The van der Waals surface area contributed by atoms with Crippen molar-refractivity contribution in [1.82, 2.24) is 15.3 Å². The van der Waals surface area contributed by atoms with Gasteiger partial charge in [-0.2, -0.15) is 0 Å². The molecule has 2 heterocycles. The Kier molecular flexibility index (Phi) is 5.22. The number of rotatable bonds is 5. The first-order valence-electron chi connectivity index (χ1n) is 11.2. The van der Waals surface area contributed by atoms with Crippen molar-refractivity contribution in [3.63, 3.8) is 0 Å². The van der Waals surface area contributed by atoms with Crippen LogP contribution in [0.5, 0.6) is 5.75 Å². The number of aromatic nitrogens is 2. The zero-order chi connectivity index (χ0) is 21.3. The van der Waals surface area contributed by atoms with Crippen molar-refractivity contribution in [2.24, 2.45) is 0 Å². The summed E-state index contributed by atoms with van der Waals surface area (Å²) < 4.78 is 6.38. The minimum Gasteiger partial charge on any atom is -0.487 e. The predicted molar refractivity (Wildman–Crippen MR) is 119 cm³/mol. The number of amides is 1. The van der Waals surface area contributed by atoms with Crippen molar-refractivity contribution in [2.45, 2.75) is 63.0 Å². The number of aromatic amines is 1. The number of para-hydroxylation sites is 2. The van der Waals surface area contributed by atoms with Crippen molar-refractivity contribution >= 4 is 16.8 Å². The lowest BCUT2D eigenvalue weighted by Crippen LogP contribution is -2.43. The monoisotopic (exact) mass is 417 g/mol. The van der Waals surface area contributed by atoms with E-state index in [0.717, 1.165) is 30.6 Å². The van der Waals surface area contributed by atoms with E-state index in [1.807, 2.05) is 42.5 Å². The third-order valence-corrected chi connectivity index (χ3v) is 6.53. The van der Waals surface area contributed by atoms with Crippen LogP contribution in [0.3, 0.4) is 0 Å². The zero-order valence-electron chi connectivity index (χ0n) is 17.5. The van der Waals surface area contributed by atoms with E-state index < -0.39 is 0 Å². The Morgan fingerprint density at radius 3 is 2.77 bits per heavy atom. The molecule has 2 aliphatic rings. The van der Waals surface area contributed by atoms with Gasteiger partial charge in [-0.1, -0.05) is 30.3 Å². The highest BCUT2D eigenvalue weighted by Crippen LogP contribution is 2.47. The first-order chi connectivity index (χ1) is 15.1. The van der Waals surface area contributed by atoms with E-state index in [1.165, 1.54) is 12.8 Å². The van der Waals surface area contributed by atoms with Crippen LogP contribution in [0.1, 0.15) is 62.4 Å². The van der Waals surface area contributed by atoms with Crippen molar-refractivity contribution in [3.05, 3.63) is 70.3 Å². The number of hydrogen-bond acceptors (Lipinski definition) is 4. The zero-order valence-corrected chi connectivity index (χ0v) is 17.5. The molecule has 1 aromatic heterocycles. The van der Waals surface area contributed by atoms with E-state index in [1.54, 1.807) is 6.07 Å². The average molecular weight is 418 g/mol. The number of aryl methyl sites for hydroxylation is 1. The van der Waals surface area contributed by atoms with Crippen LogP contribution in [0, 0.1) is 0 Å². The lowest BCUT2D eigenvalue weighted by Gasteiger charge is -2.40. The van der Waals surface area contributed by atoms with Crippen LogP contribution >= 0.6 is 0 Å². The fourth-order valence-corrected chi connectivity index (χ4v) is 5.01. The van der Waals surface area contributed by atoms with Crippen molar-refractivity contribution < 1.29 is 9.53 Å². The molecule has 1 aliphatic heterocycles. The number of nitrogens with one attached hydrogen (secondary N) is 2. The van der Waals surface area contributed by atoms with E-state index in [4.69, 9.17) is 4.74 Å². The van der Waals surface area contributed by atoms with Crippen molar-refractivity contribution in [2.75, 3.05) is 0 Å². The second kappa shape index (κ2) is 8.17. The fourth-order valence-electron chi connectivity index (χ4n) is 5.01. The standard InChI is InChI=1S/C25H27N3O3/c29-23(13-7-12-22-26-19-10-3-1-9-18(19)24(30)28-22)27-20-16-25(14-5-6-15-25)31-21-11-4-2-8-17(20)21/h1-4,8-11,20H,5-7,12-16H2,(H,27,29)(H,26,28,30). The molecule has 2 aromatic carbocycles. The first-order valence-corrected chi connectivity index (χ1v) is 11.2. The van der Waals surface area contributed by atoms with Crippen LogP contribution < -0.4 is 15.6 Å². The smallest absolute Gasteiger partial charge is 0.258 e. The maximum absolute atomic E-state index is 12.7. The summed E-state index contributed by atoms with van der Waals surface area (Å²) in [6, 6.07) is 15.3. The first kappa shape index (κ1) is 19.8. The van der Waals surface area contributed by atoms with Crippen molar-refractivity contribution in [3.8, 4) is 5.75 Å². The third-order valence-electron chi connectivity index (χ3n) is 6.53. The van der Waals surface area contributed by atoms with E-state index in [0.29, 0.717) is 36.0 Å². The van der Waals surface area contributed by atoms with Gasteiger partial charge in [0.1, 0.15) is 17.2 Å². The highest BCUT2D eigenvalue weighted by Gasteiger charge is 2.43. The molecule has 1 saturated carbocycles. The molecule has 1 atom stereocenters. The lowest BCUT2D eigenvalue weighted by molar-refractivity contribution is -0.122.